The molecule has 0 aliphatic rings. The fraction of sp³-hybridized carbons (Fsp3) is 0.364. The average Bonchev–Trinajstić information content (AvgIpc) is 2.73. The van der Waals surface area contributed by atoms with Gasteiger partial charge in [0.25, 0.3) is 11.8 Å². The molecule has 0 spiro atoms. The Labute approximate surface area is 181 Å². The monoisotopic (exact) mass is 436 g/mol. The number of rotatable bonds is 10. The molecule has 2 aromatic rings. The van der Waals surface area contributed by atoms with Gasteiger partial charge < -0.3 is 4.74 Å². The van der Waals surface area contributed by atoms with E-state index in [2.05, 4.69) is 17.8 Å². The quantitative estimate of drug-likeness (QED) is 0.364. The van der Waals surface area contributed by atoms with Crippen molar-refractivity contribution in [2.24, 2.45) is 0 Å². The summed E-state index contributed by atoms with van der Waals surface area (Å²) in [5.41, 5.74) is 5.27. The fourth-order valence-electron chi connectivity index (χ4n) is 2.70. The zero-order valence-electron chi connectivity index (χ0n) is 16.5. The van der Waals surface area contributed by atoms with Crippen LogP contribution in [0.5, 0.6) is 5.75 Å². The van der Waals surface area contributed by atoms with Crippen molar-refractivity contribution in [2.45, 2.75) is 45.4 Å². The van der Waals surface area contributed by atoms with E-state index in [9.17, 15) is 9.59 Å². The maximum atomic E-state index is 12.2. The molecule has 5 nitrogen and oxygen atoms in total. The highest BCUT2D eigenvalue weighted by Crippen LogP contribution is 2.20. The van der Waals surface area contributed by atoms with E-state index in [1.165, 1.54) is 37.8 Å². The van der Waals surface area contributed by atoms with Gasteiger partial charge in [0.05, 0.1) is 17.2 Å². The molecule has 2 amide bonds. The number of nitrogens with one attached hydrogen (secondary N) is 2. The minimum absolute atomic E-state index is 0.179. The predicted molar refractivity (Wildman–Crippen MR) is 117 cm³/mol. The highest BCUT2D eigenvalue weighted by Gasteiger charge is 2.13. The first-order valence-electron chi connectivity index (χ1n) is 9.80. The van der Waals surface area contributed by atoms with Gasteiger partial charge in [-0.05, 0) is 48.9 Å². The molecular weight excluding hydrogens is 411 g/mol. The maximum absolute atomic E-state index is 12.2. The van der Waals surface area contributed by atoms with Gasteiger partial charge in [0, 0.05) is 10.6 Å². The van der Waals surface area contributed by atoms with Crippen LogP contribution < -0.4 is 15.6 Å². The predicted octanol–water partition coefficient (Wildman–Crippen LogP) is 5.81. The molecule has 156 valence electrons. The van der Waals surface area contributed by atoms with Gasteiger partial charge in [-0.2, -0.15) is 0 Å². The Balaban J connectivity index is 1.75. The number of benzene rings is 2. The molecule has 0 saturated carbocycles. The molecule has 0 aliphatic carbocycles. The topological polar surface area (TPSA) is 67.4 Å². The summed E-state index contributed by atoms with van der Waals surface area (Å²) < 4.78 is 5.70. The lowest BCUT2D eigenvalue weighted by atomic mass is 10.1. The SMILES string of the molecule is CCCCCCCCOc1ccc(C(=O)NNC(=O)c2cc(Cl)ccc2Cl)cc1. The Bertz CT molecular complexity index is 810. The number of hydrogen-bond acceptors (Lipinski definition) is 3. The molecule has 2 aromatic carbocycles. The number of unbranched alkanes of at least 4 members (excludes halogenated alkanes) is 5. The van der Waals surface area contributed by atoms with Crippen molar-refractivity contribution in [3.05, 3.63) is 63.6 Å². The molecule has 7 heteroatoms. The lowest BCUT2D eigenvalue weighted by Gasteiger charge is -2.10. The van der Waals surface area contributed by atoms with Crippen LogP contribution in [0.25, 0.3) is 0 Å². The molecule has 0 saturated heterocycles. The molecule has 0 unspecified atom stereocenters. The molecule has 0 atom stereocenters. The summed E-state index contributed by atoms with van der Waals surface area (Å²) in [7, 11) is 0. The molecule has 0 aliphatic heterocycles. The van der Waals surface area contributed by atoms with E-state index in [0.717, 1.165) is 12.8 Å². The molecule has 0 fully saturated rings. The van der Waals surface area contributed by atoms with Crippen molar-refractivity contribution in [1.82, 2.24) is 10.9 Å². The Kier molecular flexibility index (Phi) is 9.81. The number of halogens is 2. The van der Waals surface area contributed by atoms with E-state index in [0.29, 0.717) is 22.9 Å². The number of carbonyl (C=O) groups is 2. The zero-order chi connectivity index (χ0) is 21.1. The van der Waals surface area contributed by atoms with Crippen molar-refractivity contribution in [2.75, 3.05) is 6.61 Å². The first-order valence-corrected chi connectivity index (χ1v) is 10.6. The van der Waals surface area contributed by atoms with Crippen LogP contribution in [0.1, 0.15) is 66.2 Å². The number of hydrogen-bond donors (Lipinski definition) is 2. The summed E-state index contributed by atoms with van der Waals surface area (Å²) in [5, 5.41) is 0.621. The Morgan fingerprint density at radius 2 is 1.52 bits per heavy atom. The number of ether oxygens (including phenoxy) is 1. The van der Waals surface area contributed by atoms with Gasteiger partial charge in [-0.25, -0.2) is 0 Å². The third-order valence-electron chi connectivity index (χ3n) is 4.35. The van der Waals surface area contributed by atoms with Crippen molar-refractivity contribution in [1.29, 1.82) is 0 Å². The summed E-state index contributed by atoms with van der Waals surface area (Å²) in [6, 6.07) is 11.3. The van der Waals surface area contributed by atoms with Crippen LogP contribution in [0, 0.1) is 0 Å². The zero-order valence-corrected chi connectivity index (χ0v) is 18.0. The Morgan fingerprint density at radius 3 is 2.24 bits per heavy atom. The lowest BCUT2D eigenvalue weighted by Crippen LogP contribution is -2.41. The van der Waals surface area contributed by atoms with Gasteiger partial charge in [-0.1, -0.05) is 62.2 Å². The minimum Gasteiger partial charge on any atom is -0.494 e. The summed E-state index contributed by atoms with van der Waals surface area (Å²) in [4.78, 5) is 24.4. The summed E-state index contributed by atoms with van der Waals surface area (Å²) >= 11 is 11.8. The summed E-state index contributed by atoms with van der Waals surface area (Å²) in [6.07, 6.45) is 7.23. The largest absolute Gasteiger partial charge is 0.494 e. The second-order valence-electron chi connectivity index (χ2n) is 6.67. The van der Waals surface area contributed by atoms with Gasteiger partial charge in [-0.3, -0.25) is 20.4 Å². The molecule has 0 heterocycles. The molecular formula is C22H26Cl2N2O3. The Morgan fingerprint density at radius 1 is 0.862 bits per heavy atom. The van der Waals surface area contributed by atoms with Gasteiger partial charge >= 0.3 is 0 Å². The number of amides is 2. The van der Waals surface area contributed by atoms with Gasteiger partial charge in [0.1, 0.15) is 5.75 Å². The molecule has 2 rings (SSSR count). The van der Waals surface area contributed by atoms with Crippen LogP contribution in [0.2, 0.25) is 10.0 Å². The van der Waals surface area contributed by atoms with Crippen LogP contribution in [-0.4, -0.2) is 18.4 Å². The molecule has 0 radical (unpaired) electrons. The van der Waals surface area contributed by atoms with Crippen molar-refractivity contribution in [3.63, 3.8) is 0 Å². The fourth-order valence-corrected chi connectivity index (χ4v) is 3.07. The summed E-state index contributed by atoms with van der Waals surface area (Å²) in [6.45, 7) is 2.87. The smallest absolute Gasteiger partial charge is 0.271 e. The van der Waals surface area contributed by atoms with Crippen LogP contribution in [0.3, 0.4) is 0 Å². The highest BCUT2D eigenvalue weighted by atomic mass is 35.5. The molecule has 2 N–H and O–H groups in total. The van der Waals surface area contributed by atoms with Gasteiger partial charge in [-0.15, -0.1) is 0 Å². The number of carbonyl (C=O) groups excluding carboxylic acids is 2. The van der Waals surface area contributed by atoms with Crippen molar-refractivity contribution >= 4 is 35.0 Å². The van der Waals surface area contributed by atoms with E-state index in [1.807, 2.05) is 0 Å². The van der Waals surface area contributed by atoms with Gasteiger partial charge in [0.15, 0.2) is 0 Å². The second kappa shape index (κ2) is 12.3. The third kappa shape index (κ3) is 7.95. The second-order valence-corrected chi connectivity index (χ2v) is 7.52. The van der Waals surface area contributed by atoms with E-state index < -0.39 is 11.8 Å². The minimum atomic E-state index is -0.551. The molecule has 0 aromatic heterocycles. The van der Waals surface area contributed by atoms with E-state index in [1.54, 1.807) is 30.3 Å². The first kappa shape index (κ1) is 23.0. The Hall–Kier alpha value is -2.24. The van der Waals surface area contributed by atoms with Crippen LogP contribution in [0.15, 0.2) is 42.5 Å². The molecule has 0 bridgehead atoms. The third-order valence-corrected chi connectivity index (χ3v) is 4.91. The van der Waals surface area contributed by atoms with Crippen LogP contribution in [0.4, 0.5) is 0 Å². The highest BCUT2D eigenvalue weighted by molar-refractivity contribution is 6.35. The van der Waals surface area contributed by atoms with Crippen molar-refractivity contribution in [3.8, 4) is 5.75 Å². The molecule has 29 heavy (non-hydrogen) atoms. The number of hydrazine groups is 1. The maximum Gasteiger partial charge on any atom is 0.271 e. The summed E-state index contributed by atoms with van der Waals surface area (Å²) in [5.74, 6) is -0.284. The van der Waals surface area contributed by atoms with Crippen molar-refractivity contribution < 1.29 is 14.3 Å². The van der Waals surface area contributed by atoms with Crippen LogP contribution in [-0.2, 0) is 0 Å². The van der Waals surface area contributed by atoms with E-state index in [-0.39, 0.29) is 10.6 Å². The van der Waals surface area contributed by atoms with E-state index in [4.69, 9.17) is 27.9 Å². The van der Waals surface area contributed by atoms with Crippen LogP contribution >= 0.6 is 23.2 Å². The standard InChI is InChI=1S/C22H26Cl2N2O3/c1-2-3-4-5-6-7-14-29-18-11-8-16(9-12-18)21(27)25-26-22(28)19-15-17(23)10-13-20(19)24/h8-13,15H,2-7,14H2,1H3,(H,25,27)(H,26,28). The first-order chi connectivity index (χ1) is 14.0. The van der Waals surface area contributed by atoms with Gasteiger partial charge in [0.2, 0.25) is 0 Å². The van der Waals surface area contributed by atoms with E-state index >= 15 is 0 Å². The normalized spacial score (nSPS) is 10.4. The average molecular weight is 437 g/mol. The lowest BCUT2D eigenvalue weighted by molar-refractivity contribution is 0.0846.